The van der Waals surface area contributed by atoms with Gasteiger partial charge in [0.05, 0.1) is 13.2 Å². The molecule has 0 atom stereocenters. The number of hydrogen-bond donors (Lipinski definition) is 2. The molecule has 1 aromatic carbocycles. The Balaban J connectivity index is 1.57. The summed E-state index contributed by atoms with van der Waals surface area (Å²) in [7, 11) is 1.89. The Morgan fingerprint density at radius 3 is 2.79 bits per heavy atom. The number of aromatic nitrogens is 2. The summed E-state index contributed by atoms with van der Waals surface area (Å²) in [5, 5.41) is 11.5. The molecule has 0 aliphatic heterocycles. The van der Waals surface area contributed by atoms with Gasteiger partial charge in [0, 0.05) is 11.7 Å². The van der Waals surface area contributed by atoms with E-state index in [4.69, 9.17) is 12.2 Å². The van der Waals surface area contributed by atoms with Gasteiger partial charge in [-0.15, -0.1) is 5.10 Å². The second kappa shape index (κ2) is 7.42. The number of likely N-dealkylation sites (N-methyl/N-ethyl adjacent to an activating group) is 1. The van der Waals surface area contributed by atoms with Gasteiger partial charge in [0.2, 0.25) is 11.0 Å². The first-order chi connectivity index (χ1) is 11.5. The minimum absolute atomic E-state index is 0.0553. The molecule has 1 aromatic heterocycles. The highest BCUT2D eigenvalue weighted by atomic mass is 32.1. The van der Waals surface area contributed by atoms with Crippen molar-refractivity contribution in [1.82, 2.24) is 20.0 Å². The summed E-state index contributed by atoms with van der Waals surface area (Å²) in [6, 6.07) is 8.50. The van der Waals surface area contributed by atoms with Crippen molar-refractivity contribution >= 4 is 40.3 Å². The normalized spacial score (nSPS) is 14.0. The highest BCUT2D eigenvalue weighted by molar-refractivity contribution is 7.73. The maximum atomic E-state index is 11.8. The average Bonchev–Trinajstić information content (AvgIpc) is 3.25. The van der Waals surface area contributed by atoms with Gasteiger partial charge in [-0.05, 0) is 51.2 Å². The molecule has 1 amide bonds. The van der Waals surface area contributed by atoms with Crippen molar-refractivity contribution in [3.8, 4) is 0 Å². The number of nitrogens with one attached hydrogen (secondary N) is 2. The number of hydrogen-bond acceptors (Lipinski definition) is 6. The van der Waals surface area contributed by atoms with Crippen molar-refractivity contribution in [1.29, 1.82) is 0 Å². The zero-order valence-electron chi connectivity index (χ0n) is 13.8. The molecule has 1 aliphatic carbocycles. The smallest absolute Gasteiger partial charge is 0.234 e. The largest absolute Gasteiger partial charge is 0.352 e. The van der Waals surface area contributed by atoms with Crippen molar-refractivity contribution in [2.45, 2.75) is 32.5 Å². The summed E-state index contributed by atoms with van der Waals surface area (Å²) in [5.41, 5.74) is 2.19. The fourth-order valence-electron chi connectivity index (χ4n) is 2.23. The lowest BCUT2D eigenvalue weighted by Crippen LogP contribution is -2.37. The van der Waals surface area contributed by atoms with Crippen molar-refractivity contribution in [3.05, 3.63) is 33.8 Å². The van der Waals surface area contributed by atoms with E-state index in [1.165, 1.54) is 16.9 Å². The van der Waals surface area contributed by atoms with Gasteiger partial charge < -0.3 is 10.6 Å². The molecule has 0 unspecified atom stereocenters. The Morgan fingerprint density at radius 1 is 1.42 bits per heavy atom. The van der Waals surface area contributed by atoms with Gasteiger partial charge >= 0.3 is 0 Å². The quantitative estimate of drug-likeness (QED) is 0.741. The molecule has 3 rings (SSSR count). The van der Waals surface area contributed by atoms with Crippen LogP contribution in [0.25, 0.3) is 0 Å². The van der Waals surface area contributed by atoms with Crippen LogP contribution in [0.4, 0.5) is 10.8 Å². The monoisotopic (exact) mass is 363 g/mol. The molecule has 0 spiro atoms. The van der Waals surface area contributed by atoms with E-state index in [-0.39, 0.29) is 5.91 Å². The van der Waals surface area contributed by atoms with Crippen LogP contribution in [-0.2, 0) is 11.5 Å². The van der Waals surface area contributed by atoms with E-state index in [1.807, 2.05) is 36.2 Å². The summed E-state index contributed by atoms with van der Waals surface area (Å²) in [6.07, 6.45) is 2.20. The van der Waals surface area contributed by atoms with E-state index in [1.54, 1.807) is 4.68 Å². The predicted octanol–water partition coefficient (Wildman–Crippen LogP) is 2.89. The van der Waals surface area contributed by atoms with Gasteiger partial charge in [-0.25, -0.2) is 4.68 Å². The fraction of sp³-hybridized carbons (Fsp3) is 0.438. The minimum Gasteiger partial charge on any atom is -0.352 e. The maximum absolute atomic E-state index is 11.8. The lowest BCUT2D eigenvalue weighted by Gasteiger charge is -2.15. The second-order valence-corrected chi connectivity index (χ2v) is 7.78. The van der Waals surface area contributed by atoms with Gasteiger partial charge in [0.15, 0.2) is 3.95 Å². The number of aryl methyl sites for hydroxylation is 1. The topological polar surface area (TPSA) is 62.2 Å². The lowest BCUT2D eigenvalue weighted by molar-refractivity contribution is -0.122. The predicted molar refractivity (Wildman–Crippen MR) is 99.2 cm³/mol. The van der Waals surface area contributed by atoms with Crippen LogP contribution in [0.3, 0.4) is 0 Å². The lowest BCUT2D eigenvalue weighted by atomic mass is 10.2. The molecule has 1 fully saturated rings. The molecular weight excluding hydrogens is 342 g/mol. The van der Waals surface area contributed by atoms with Gasteiger partial charge in [-0.1, -0.05) is 29.0 Å². The number of benzene rings is 1. The van der Waals surface area contributed by atoms with Crippen LogP contribution in [0.15, 0.2) is 24.3 Å². The van der Waals surface area contributed by atoms with Gasteiger partial charge in [-0.2, -0.15) is 0 Å². The third kappa shape index (κ3) is 4.86. The molecule has 24 heavy (non-hydrogen) atoms. The Kier molecular flexibility index (Phi) is 5.27. The van der Waals surface area contributed by atoms with Gasteiger partial charge in [0.25, 0.3) is 0 Å². The number of nitrogens with zero attached hydrogens (tertiary/aromatic N) is 3. The Bertz CT molecular complexity index is 764. The molecule has 1 aliphatic rings. The molecule has 8 heteroatoms. The number of rotatable bonds is 7. The van der Waals surface area contributed by atoms with Crippen LogP contribution in [0, 0.1) is 10.9 Å². The molecule has 1 saturated carbocycles. The van der Waals surface area contributed by atoms with E-state index >= 15 is 0 Å². The summed E-state index contributed by atoms with van der Waals surface area (Å²) in [6.45, 7) is 2.89. The standard InChI is InChI=1S/C16H21N5OS2/c1-11-3-5-13(6-4-11)18-15-19-21(16(23)24-15)10-20(2)9-14(22)17-12-7-8-12/h3-6,12H,7-10H2,1-2H3,(H,17,22)(H,18,19). The summed E-state index contributed by atoms with van der Waals surface area (Å²) in [5.74, 6) is 0.0553. The van der Waals surface area contributed by atoms with Crippen LogP contribution >= 0.6 is 23.6 Å². The minimum atomic E-state index is 0.0553. The third-order valence-electron chi connectivity index (χ3n) is 3.64. The summed E-state index contributed by atoms with van der Waals surface area (Å²) < 4.78 is 2.42. The Hall–Kier alpha value is -1.77. The first kappa shape index (κ1) is 17.1. The van der Waals surface area contributed by atoms with Crippen molar-refractivity contribution < 1.29 is 4.79 Å². The SMILES string of the molecule is Cc1ccc(Nc2nn(CN(C)CC(=O)NC3CC3)c(=S)s2)cc1. The number of carbonyl (C=O) groups excluding carboxylic acids is 1. The number of anilines is 2. The molecule has 0 radical (unpaired) electrons. The molecule has 0 bridgehead atoms. The van der Waals surface area contributed by atoms with Crippen LogP contribution < -0.4 is 10.6 Å². The van der Waals surface area contributed by atoms with Gasteiger partial charge in [-0.3, -0.25) is 9.69 Å². The average molecular weight is 364 g/mol. The fourth-order valence-corrected chi connectivity index (χ4v) is 3.24. The molecule has 1 heterocycles. The number of carbonyl (C=O) groups is 1. The summed E-state index contributed by atoms with van der Waals surface area (Å²) in [4.78, 5) is 13.7. The summed E-state index contributed by atoms with van der Waals surface area (Å²) >= 11 is 6.80. The van der Waals surface area contributed by atoms with Crippen LogP contribution in [0.2, 0.25) is 0 Å². The van der Waals surface area contributed by atoms with E-state index in [0.29, 0.717) is 23.2 Å². The van der Waals surface area contributed by atoms with E-state index in [9.17, 15) is 4.79 Å². The van der Waals surface area contributed by atoms with E-state index in [2.05, 4.69) is 22.7 Å². The highest BCUT2D eigenvalue weighted by Crippen LogP contribution is 2.21. The van der Waals surface area contributed by atoms with E-state index in [0.717, 1.165) is 23.7 Å². The van der Waals surface area contributed by atoms with Crippen LogP contribution in [-0.4, -0.2) is 40.2 Å². The zero-order chi connectivity index (χ0) is 17.1. The molecular formula is C16H21N5OS2. The second-order valence-electron chi connectivity index (χ2n) is 6.16. The number of amides is 1. The molecule has 2 aromatic rings. The molecule has 2 N–H and O–H groups in total. The van der Waals surface area contributed by atoms with Crippen LogP contribution in [0.5, 0.6) is 0 Å². The van der Waals surface area contributed by atoms with E-state index < -0.39 is 0 Å². The highest BCUT2D eigenvalue weighted by Gasteiger charge is 2.23. The zero-order valence-corrected chi connectivity index (χ0v) is 15.4. The van der Waals surface area contributed by atoms with Crippen molar-refractivity contribution in [3.63, 3.8) is 0 Å². The Morgan fingerprint density at radius 2 is 2.12 bits per heavy atom. The Labute approximate surface area is 150 Å². The third-order valence-corrected chi connectivity index (χ3v) is 4.86. The molecule has 128 valence electrons. The maximum Gasteiger partial charge on any atom is 0.234 e. The molecule has 0 saturated heterocycles. The molecule has 6 nitrogen and oxygen atoms in total. The first-order valence-electron chi connectivity index (χ1n) is 7.89. The van der Waals surface area contributed by atoms with Crippen LogP contribution in [0.1, 0.15) is 18.4 Å². The van der Waals surface area contributed by atoms with Gasteiger partial charge in [0.1, 0.15) is 0 Å². The first-order valence-corrected chi connectivity index (χ1v) is 9.11. The van der Waals surface area contributed by atoms with Crippen molar-refractivity contribution in [2.24, 2.45) is 0 Å². The van der Waals surface area contributed by atoms with Crippen molar-refractivity contribution in [2.75, 3.05) is 18.9 Å².